The second-order valence-corrected chi connectivity index (χ2v) is 6.44. The van der Waals surface area contributed by atoms with Crippen LogP contribution in [-0.2, 0) is 4.74 Å². The lowest BCUT2D eigenvalue weighted by Crippen LogP contribution is -2.32. The maximum atomic E-state index is 6.25. The fourth-order valence-electron chi connectivity index (χ4n) is 2.29. The molecule has 0 aliphatic heterocycles. The Morgan fingerprint density at radius 2 is 1.84 bits per heavy atom. The number of hydrogen-bond donors (Lipinski definition) is 1. The lowest BCUT2D eigenvalue weighted by molar-refractivity contribution is -0.0274. The predicted molar refractivity (Wildman–Crippen MR) is 85.2 cm³/mol. The summed E-state index contributed by atoms with van der Waals surface area (Å²) in [4.78, 5) is 0. The molecule has 0 spiro atoms. The van der Waals surface area contributed by atoms with Gasteiger partial charge in [0.15, 0.2) is 0 Å². The Bertz CT molecular complexity index is 381. The molecule has 3 atom stereocenters. The van der Waals surface area contributed by atoms with Crippen LogP contribution in [0.4, 0.5) is 0 Å². The van der Waals surface area contributed by atoms with Crippen LogP contribution in [0.25, 0.3) is 0 Å². The molecular weight excluding hydrogens is 302 g/mol. The summed E-state index contributed by atoms with van der Waals surface area (Å²) in [5.74, 6) is 0.632. The third-order valence-electron chi connectivity index (χ3n) is 3.25. The molecule has 3 heteroatoms. The summed E-state index contributed by atoms with van der Waals surface area (Å²) in [5.41, 5.74) is 7.40. The standard InChI is InChI=1S/C16H26BrNO/c1-5-15(18)16(19-12(4)10-11(2)3)13-8-6-7-9-14(13)17/h6-9,11-12,15-16H,5,10,18H2,1-4H3. The maximum absolute atomic E-state index is 6.25. The van der Waals surface area contributed by atoms with Crippen LogP contribution in [0, 0.1) is 5.92 Å². The molecule has 0 amide bonds. The van der Waals surface area contributed by atoms with Crippen LogP contribution in [-0.4, -0.2) is 12.1 Å². The zero-order valence-electron chi connectivity index (χ0n) is 12.4. The van der Waals surface area contributed by atoms with Gasteiger partial charge in [0.25, 0.3) is 0 Å². The lowest BCUT2D eigenvalue weighted by Gasteiger charge is -2.28. The first kappa shape index (κ1) is 16.7. The number of halogens is 1. The molecule has 0 aromatic heterocycles. The molecule has 19 heavy (non-hydrogen) atoms. The van der Waals surface area contributed by atoms with Crippen molar-refractivity contribution in [3.05, 3.63) is 34.3 Å². The normalized spacial score (nSPS) is 16.4. The Labute approximate surface area is 125 Å². The number of nitrogens with two attached hydrogens (primary N) is 1. The lowest BCUT2D eigenvalue weighted by atomic mass is 10.00. The molecule has 108 valence electrons. The quantitative estimate of drug-likeness (QED) is 0.789. The SMILES string of the molecule is CCC(N)C(OC(C)CC(C)C)c1ccccc1Br. The molecule has 1 aromatic rings. The van der Waals surface area contributed by atoms with E-state index in [0.717, 1.165) is 22.9 Å². The molecule has 0 bridgehead atoms. The minimum atomic E-state index is -0.0469. The zero-order valence-corrected chi connectivity index (χ0v) is 14.0. The van der Waals surface area contributed by atoms with Gasteiger partial charge in [0.05, 0.1) is 12.2 Å². The molecule has 2 N–H and O–H groups in total. The van der Waals surface area contributed by atoms with E-state index >= 15 is 0 Å². The van der Waals surface area contributed by atoms with Crippen molar-refractivity contribution in [3.8, 4) is 0 Å². The van der Waals surface area contributed by atoms with Gasteiger partial charge in [0.1, 0.15) is 0 Å². The highest BCUT2D eigenvalue weighted by molar-refractivity contribution is 9.10. The van der Waals surface area contributed by atoms with E-state index in [2.05, 4.69) is 49.7 Å². The van der Waals surface area contributed by atoms with Crippen LogP contribution in [0.15, 0.2) is 28.7 Å². The molecule has 0 saturated heterocycles. The van der Waals surface area contributed by atoms with Gasteiger partial charge in [0, 0.05) is 10.5 Å². The van der Waals surface area contributed by atoms with Crippen LogP contribution >= 0.6 is 15.9 Å². The second-order valence-electron chi connectivity index (χ2n) is 5.59. The van der Waals surface area contributed by atoms with Crippen LogP contribution in [0.1, 0.15) is 52.2 Å². The summed E-state index contributed by atoms with van der Waals surface area (Å²) in [6.07, 6.45) is 2.13. The van der Waals surface area contributed by atoms with Gasteiger partial charge in [-0.3, -0.25) is 0 Å². The summed E-state index contributed by atoms with van der Waals surface area (Å²) in [5, 5.41) is 0. The smallest absolute Gasteiger partial charge is 0.0990 e. The predicted octanol–water partition coefficient (Wildman–Crippen LogP) is 4.68. The van der Waals surface area contributed by atoms with Crippen LogP contribution in [0.2, 0.25) is 0 Å². The Morgan fingerprint density at radius 1 is 1.21 bits per heavy atom. The fourth-order valence-corrected chi connectivity index (χ4v) is 2.80. The molecule has 0 aliphatic rings. The van der Waals surface area contributed by atoms with Crippen molar-refractivity contribution < 1.29 is 4.74 Å². The van der Waals surface area contributed by atoms with E-state index in [1.54, 1.807) is 0 Å². The molecule has 0 fully saturated rings. The molecule has 0 heterocycles. The average Bonchev–Trinajstić information content (AvgIpc) is 2.35. The van der Waals surface area contributed by atoms with Crippen molar-refractivity contribution in [2.75, 3.05) is 0 Å². The van der Waals surface area contributed by atoms with Gasteiger partial charge < -0.3 is 10.5 Å². The minimum absolute atomic E-state index is 0.0216. The fraction of sp³-hybridized carbons (Fsp3) is 0.625. The summed E-state index contributed by atoms with van der Waals surface area (Å²) < 4.78 is 7.30. The number of rotatable bonds is 7. The van der Waals surface area contributed by atoms with E-state index in [1.165, 1.54) is 0 Å². The van der Waals surface area contributed by atoms with Crippen LogP contribution in [0.3, 0.4) is 0 Å². The molecule has 1 aromatic carbocycles. The third-order valence-corrected chi connectivity index (χ3v) is 3.98. The summed E-state index contributed by atoms with van der Waals surface area (Å²) in [6, 6.07) is 8.20. The number of hydrogen-bond acceptors (Lipinski definition) is 2. The molecule has 1 rings (SSSR count). The Kier molecular flexibility index (Phi) is 7.05. The van der Waals surface area contributed by atoms with Crippen LogP contribution in [0.5, 0.6) is 0 Å². The van der Waals surface area contributed by atoms with Crippen molar-refractivity contribution in [2.24, 2.45) is 11.7 Å². The van der Waals surface area contributed by atoms with Gasteiger partial charge in [0.2, 0.25) is 0 Å². The molecular formula is C16H26BrNO. The van der Waals surface area contributed by atoms with E-state index in [0.29, 0.717) is 5.92 Å². The van der Waals surface area contributed by atoms with Gasteiger partial charge in [-0.1, -0.05) is 54.9 Å². The Morgan fingerprint density at radius 3 is 2.37 bits per heavy atom. The van der Waals surface area contributed by atoms with E-state index in [-0.39, 0.29) is 18.2 Å². The van der Waals surface area contributed by atoms with Crippen molar-refractivity contribution in [1.29, 1.82) is 0 Å². The van der Waals surface area contributed by atoms with Crippen molar-refractivity contribution in [3.63, 3.8) is 0 Å². The molecule has 0 saturated carbocycles. The average molecular weight is 328 g/mol. The van der Waals surface area contributed by atoms with Gasteiger partial charge in [-0.05, 0) is 37.3 Å². The van der Waals surface area contributed by atoms with E-state index in [4.69, 9.17) is 10.5 Å². The van der Waals surface area contributed by atoms with Crippen molar-refractivity contribution in [2.45, 2.75) is 58.8 Å². The van der Waals surface area contributed by atoms with Gasteiger partial charge in [-0.2, -0.15) is 0 Å². The topological polar surface area (TPSA) is 35.2 Å². The highest BCUT2D eigenvalue weighted by Gasteiger charge is 2.23. The van der Waals surface area contributed by atoms with Crippen molar-refractivity contribution >= 4 is 15.9 Å². The summed E-state index contributed by atoms with van der Waals surface area (Å²) in [6.45, 7) is 8.66. The van der Waals surface area contributed by atoms with E-state index < -0.39 is 0 Å². The first-order chi connectivity index (χ1) is 8.95. The van der Waals surface area contributed by atoms with E-state index in [1.807, 2.05) is 18.2 Å². The van der Waals surface area contributed by atoms with Gasteiger partial charge in [-0.15, -0.1) is 0 Å². The monoisotopic (exact) mass is 327 g/mol. The first-order valence-electron chi connectivity index (χ1n) is 7.11. The summed E-state index contributed by atoms with van der Waals surface area (Å²) >= 11 is 3.60. The zero-order chi connectivity index (χ0) is 14.4. The highest BCUT2D eigenvalue weighted by Crippen LogP contribution is 2.30. The highest BCUT2D eigenvalue weighted by atomic mass is 79.9. The van der Waals surface area contributed by atoms with Crippen molar-refractivity contribution in [1.82, 2.24) is 0 Å². The minimum Gasteiger partial charge on any atom is -0.369 e. The van der Waals surface area contributed by atoms with E-state index in [9.17, 15) is 0 Å². The van der Waals surface area contributed by atoms with Crippen LogP contribution < -0.4 is 5.73 Å². The number of ether oxygens (including phenoxy) is 1. The molecule has 0 aliphatic carbocycles. The Hall–Kier alpha value is -0.380. The summed E-state index contributed by atoms with van der Waals surface area (Å²) in [7, 11) is 0. The van der Waals surface area contributed by atoms with Gasteiger partial charge in [-0.25, -0.2) is 0 Å². The molecule has 3 unspecified atom stereocenters. The first-order valence-corrected chi connectivity index (χ1v) is 7.90. The van der Waals surface area contributed by atoms with Gasteiger partial charge >= 0.3 is 0 Å². The number of benzene rings is 1. The Balaban J connectivity index is 2.87. The largest absolute Gasteiger partial charge is 0.369 e. The molecule has 0 radical (unpaired) electrons. The molecule has 2 nitrogen and oxygen atoms in total. The maximum Gasteiger partial charge on any atom is 0.0990 e. The third kappa shape index (κ3) is 5.25. The second kappa shape index (κ2) is 8.03.